The molecular formula is C12H24N3O5+. The fraction of sp³-hybridized carbons (Fsp3) is 0.750. The molecule has 0 aromatic heterocycles. The molecule has 0 aromatic rings. The van der Waals surface area contributed by atoms with E-state index in [1.54, 1.807) is 19.0 Å². The standard InChI is InChI=1S/C12H23N3O5/c1-6-7-9(14(2)3)11(18)20-13-12(19)15(4,5)8-10(16)17/h9H,6-8H2,1-5H3,(H-,13,16,17,19)/p+1. The summed E-state index contributed by atoms with van der Waals surface area (Å²) >= 11 is 0. The first-order valence-electron chi connectivity index (χ1n) is 6.34. The molecule has 0 spiro atoms. The molecule has 0 saturated heterocycles. The summed E-state index contributed by atoms with van der Waals surface area (Å²) in [5, 5.41) is 8.70. The van der Waals surface area contributed by atoms with E-state index in [1.807, 2.05) is 12.4 Å². The van der Waals surface area contributed by atoms with Crippen LogP contribution in [-0.2, 0) is 14.4 Å². The van der Waals surface area contributed by atoms with E-state index >= 15 is 0 Å². The maximum absolute atomic E-state index is 11.8. The molecule has 1 unspecified atom stereocenters. The first kappa shape index (κ1) is 18.3. The van der Waals surface area contributed by atoms with E-state index in [0.717, 1.165) is 6.42 Å². The van der Waals surface area contributed by atoms with Crippen molar-refractivity contribution in [2.24, 2.45) is 0 Å². The van der Waals surface area contributed by atoms with Gasteiger partial charge in [0.05, 0.1) is 14.1 Å². The molecule has 20 heavy (non-hydrogen) atoms. The average Bonchev–Trinajstić information content (AvgIpc) is 2.30. The van der Waals surface area contributed by atoms with Gasteiger partial charge in [0.1, 0.15) is 6.04 Å². The highest BCUT2D eigenvalue weighted by molar-refractivity contribution is 5.78. The Morgan fingerprint density at radius 2 is 1.85 bits per heavy atom. The lowest BCUT2D eigenvalue weighted by molar-refractivity contribution is -0.802. The minimum Gasteiger partial charge on any atom is -0.477 e. The topological polar surface area (TPSA) is 95.9 Å². The molecule has 2 N–H and O–H groups in total. The van der Waals surface area contributed by atoms with Crippen molar-refractivity contribution in [2.45, 2.75) is 25.8 Å². The molecule has 0 saturated carbocycles. The van der Waals surface area contributed by atoms with Crippen molar-refractivity contribution in [3.8, 4) is 0 Å². The third-order valence-electron chi connectivity index (χ3n) is 2.78. The van der Waals surface area contributed by atoms with Crippen LogP contribution in [0.3, 0.4) is 0 Å². The number of carboxylic acids is 1. The Balaban J connectivity index is 4.49. The van der Waals surface area contributed by atoms with E-state index in [2.05, 4.69) is 0 Å². The van der Waals surface area contributed by atoms with Crippen LogP contribution in [0.4, 0.5) is 4.79 Å². The number of nitrogens with one attached hydrogen (secondary N) is 1. The predicted molar refractivity (Wildman–Crippen MR) is 71.6 cm³/mol. The van der Waals surface area contributed by atoms with E-state index < -0.39 is 35.0 Å². The summed E-state index contributed by atoms with van der Waals surface area (Å²) < 4.78 is -0.469. The Morgan fingerprint density at radius 3 is 2.25 bits per heavy atom. The maximum Gasteiger partial charge on any atom is 0.449 e. The molecule has 1 atom stereocenters. The molecule has 0 radical (unpaired) electrons. The van der Waals surface area contributed by atoms with E-state index in [0.29, 0.717) is 6.42 Å². The zero-order chi connectivity index (χ0) is 15.9. The van der Waals surface area contributed by atoms with Crippen molar-refractivity contribution in [1.29, 1.82) is 0 Å². The number of urea groups is 1. The number of rotatable bonds is 6. The molecule has 0 heterocycles. The van der Waals surface area contributed by atoms with Crippen LogP contribution < -0.4 is 5.48 Å². The second kappa shape index (κ2) is 7.81. The van der Waals surface area contributed by atoms with Crippen molar-refractivity contribution < 1.29 is 28.8 Å². The fourth-order valence-electron chi connectivity index (χ4n) is 1.56. The molecule has 0 aliphatic heterocycles. The monoisotopic (exact) mass is 290 g/mol. The Morgan fingerprint density at radius 1 is 1.30 bits per heavy atom. The number of amides is 2. The van der Waals surface area contributed by atoms with Crippen LogP contribution in [0.1, 0.15) is 19.8 Å². The molecule has 8 nitrogen and oxygen atoms in total. The molecule has 0 rings (SSSR count). The molecule has 8 heteroatoms. The second-order valence-electron chi connectivity index (χ2n) is 5.33. The van der Waals surface area contributed by atoms with Gasteiger partial charge in [-0.15, -0.1) is 5.48 Å². The number of quaternary nitrogens is 1. The van der Waals surface area contributed by atoms with Crippen molar-refractivity contribution >= 4 is 18.0 Å². The van der Waals surface area contributed by atoms with Crippen molar-refractivity contribution in [3.05, 3.63) is 0 Å². The Bertz CT molecular complexity index is 368. The normalized spacial score (nSPS) is 12.9. The van der Waals surface area contributed by atoms with Crippen LogP contribution in [0, 0.1) is 0 Å². The molecule has 116 valence electrons. The third-order valence-corrected chi connectivity index (χ3v) is 2.78. The fourth-order valence-corrected chi connectivity index (χ4v) is 1.56. The number of likely N-dealkylation sites (N-methyl/N-ethyl adjacent to an activating group) is 2. The average molecular weight is 290 g/mol. The molecule has 0 aliphatic rings. The molecule has 0 aliphatic carbocycles. The van der Waals surface area contributed by atoms with Crippen LogP contribution in [0.5, 0.6) is 0 Å². The zero-order valence-electron chi connectivity index (χ0n) is 12.7. The van der Waals surface area contributed by atoms with Gasteiger partial charge >= 0.3 is 18.0 Å². The van der Waals surface area contributed by atoms with Gasteiger partial charge in [-0.2, -0.15) is 0 Å². The van der Waals surface area contributed by atoms with Crippen molar-refractivity contribution in [3.63, 3.8) is 0 Å². The highest BCUT2D eigenvalue weighted by atomic mass is 16.7. The predicted octanol–water partition coefficient (Wildman–Crippen LogP) is 0.0455. The molecule has 0 aromatic carbocycles. The van der Waals surface area contributed by atoms with Gasteiger partial charge in [-0.1, -0.05) is 13.3 Å². The van der Waals surface area contributed by atoms with Crippen molar-refractivity contribution in [2.75, 3.05) is 34.7 Å². The maximum atomic E-state index is 11.8. The lowest BCUT2D eigenvalue weighted by Crippen LogP contribution is -2.55. The summed E-state index contributed by atoms with van der Waals surface area (Å²) in [5.41, 5.74) is 2.02. The molecule has 2 amide bonds. The van der Waals surface area contributed by atoms with E-state index in [4.69, 9.17) is 9.94 Å². The molecule has 0 fully saturated rings. The lowest BCUT2D eigenvalue weighted by atomic mass is 10.1. The van der Waals surface area contributed by atoms with Gasteiger partial charge in [0.15, 0.2) is 6.54 Å². The quantitative estimate of drug-likeness (QED) is 0.530. The number of hydrogen-bond donors (Lipinski definition) is 2. The molecular weight excluding hydrogens is 266 g/mol. The summed E-state index contributed by atoms with van der Waals surface area (Å²) in [6.45, 7) is 1.53. The van der Waals surface area contributed by atoms with Crippen LogP contribution >= 0.6 is 0 Å². The molecule has 0 bridgehead atoms. The van der Waals surface area contributed by atoms with Crippen LogP contribution in [0.2, 0.25) is 0 Å². The highest BCUT2D eigenvalue weighted by Crippen LogP contribution is 2.05. The lowest BCUT2D eigenvalue weighted by Gasteiger charge is -2.25. The number of carbonyl (C=O) groups excluding carboxylic acids is 2. The van der Waals surface area contributed by atoms with E-state index in [9.17, 15) is 14.4 Å². The van der Waals surface area contributed by atoms with Crippen LogP contribution in [0.15, 0.2) is 0 Å². The summed E-state index contributed by atoms with van der Waals surface area (Å²) in [7, 11) is 6.31. The van der Waals surface area contributed by atoms with Gasteiger partial charge in [0.2, 0.25) is 0 Å². The minimum atomic E-state index is -1.12. The van der Waals surface area contributed by atoms with Crippen LogP contribution in [-0.4, -0.2) is 73.2 Å². The summed E-state index contributed by atoms with van der Waals surface area (Å²) in [4.78, 5) is 40.7. The Labute approximate surface area is 118 Å². The van der Waals surface area contributed by atoms with E-state index in [-0.39, 0.29) is 0 Å². The number of hydroxylamine groups is 1. The second-order valence-corrected chi connectivity index (χ2v) is 5.33. The zero-order valence-corrected chi connectivity index (χ0v) is 12.7. The van der Waals surface area contributed by atoms with Gasteiger partial charge in [-0.3, -0.25) is 4.90 Å². The van der Waals surface area contributed by atoms with Crippen LogP contribution in [0.25, 0.3) is 0 Å². The first-order valence-corrected chi connectivity index (χ1v) is 6.34. The van der Waals surface area contributed by atoms with Gasteiger partial charge in [-0.25, -0.2) is 18.9 Å². The number of aliphatic carboxylic acids is 1. The van der Waals surface area contributed by atoms with E-state index in [1.165, 1.54) is 14.1 Å². The number of hydrogen-bond acceptors (Lipinski definition) is 5. The summed E-state index contributed by atoms with van der Waals surface area (Å²) in [6.07, 6.45) is 1.40. The Kier molecular flexibility index (Phi) is 7.16. The SMILES string of the molecule is CCCC(C(=O)ONC(=O)[N+](C)(C)CC(=O)O)N(C)C. The smallest absolute Gasteiger partial charge is 0.449 e. The number of carbonyl (C=O) groups is 3. The minimum absolute atomic E-state index is 0.407. The highest BCUT2D eigenvalue weighted by Gasteiger charge is 2.31. The largest absolute Gasteiger partial charge is 0.477 e. The Hall–Kier alpha value is -1.67. The van der Waals surface area contributed by atoms with Gasteiger partial charge in [0.25, 0.3) is 0 Å². The number of carboxylic acid groups (broad SMARTS) is 1. The van der Waals surface area contributed by atoms with Gasteiger partial charge in [0, 0.05) is 0 Å². The summed E-state index contributed by atoms with van der Waals surface area (Å²) in [6, 6.07) is -1.15. The first-order chi connectivity index (χ1) is 9.11. The number of nitrogens with zero attached hydrogens (tertiary/aromatic N) is 2. The van der Waals surface area contributed by atoms with Gasteiger partial charge < -0.3 is 9.94 Å². The third kappa shape index (κ3) is 5.98. The summed E-state index contributed by atoms with van der Waals surface area (Å²) in [5.74, 6) is -1.69. The van der Waals surface area contributed by atoms with Crippen molar-refractivity contribution in [1.82, 2.24) is 10.4 Å². The van der Waals surface area contributed by atoms with Gasteiger partial charge in [-0.05, 0) is 20.5 Å².